The van der Waals surface area contributed by atoms with Crippen molar-refractivity contribution in [2.75, 3.05) is 11.1 Å². The molecule has 0 fully saturated rings. The molecular formula is C20H21N3O2. The van der Waals surface area contributed by atoms with Gasteiger partial charge in [-0.1, -0.05) is 25.1 Å². The molecule has 2 aromatic carbocycles. The molecule has 0 aliphatic heterocycles. The van der Waals surface area contributed by atoms with Gasteiger partial charge in [-0.25, -0.2) is 0 Å². The summed E-state index contributed by atoms with van der Waals surface area (Å²) < 4.78 is 1.57. The molecule has 3 N–H and O–H groups in total. The minimum atomic E-state index is -0.429. The number of aromatic nitrogens is 1. The average molecular weight is 335 g/mol. The lowest BCUT2D eigenvalue weighted by Crippen LogP contribution is -2.29. The van der Waals surface area contributed by atoms with Gasteiger partial charge in [-0.15, -0.1) is 0 Å². The van der Waals surface area contributed by atoms with Gasteiger partial charge in [0.25, 0.3) is 11.5 Å². The predicted octanol–water partition coefficient (Wildman–Crippen LogP) is 3.42. The van der Waals surface area contributed by atoms with Crippen LogP contribution in [0.5, 0.6) is 0 Å². The van der Waals surface area contributed by atoms with Gasteiger partial charge in [0, 0.05) is 23.3 Å². The molecule has 5 nitrogen and oxygen atoms in total. The van der Waals surface area contributed by atoms with Crippen molar-refractivity contribution in [3.8, 4) is 0 Å². The number of hydrogen-bond acceptors (Lipinski definition) is 3. The Morgan fingerprint density at radius 2 is 1.84 bits per heavy atom. The first-order chi connectivity index (χ1) is 12.0. The monoisotopic (exact) mass is 335 g/mol. The lowest BCUT2D eigenvalue weighted by Gasteiger charge is -2.13. The van der Waals surface area contributed by atoms with E-state index in [0.717, 1.165) is 11.9 Å². The molecule has 0 bridgehead atoms. The molecule has 128 valence electrons. The van der Waals surface area contributed by atoms with Gasteiger partial charge >= 0.3 is 0 Å². The summed E-state index contributed by atoms with van der Waals surface area (Å²) in [5.41, 5.74) is 8.93. The molecule has 5 heteroatoms. The molecule has 0 saturated carbocycles. The zero-order chi connectivity index (χ0) is 18.0. The summed E-state index contributed by atoms with van der Waals surface area (Å²) in [5.74, 6) is -0.429. The highest BCUT2D eigenvalue weighted by molar-refractivity contribution is 6.06. The zero-order valence-electron chi connectivity index (χ0n) is 14.4. The second-order valence-corrected chi connectivity index (χ2v) is 5.89. The number of pyridine rings is 1. The summed E-state index contributed by atoms with van der Waals surface area (Å²) in [6, 6.07) is 14.6. The van der Waals surface area contributed by atoms with Gasteiger partial charge in [0.1, 0.15) is 5.56 Å². The van der Waals surface area contributed by atoms with Crippen molar-refractivity contribution in [1.29, 1.82) is 0 Å². The fraction of sp³-hybridized carbons (Fsp3) is 0.200. The van der Waals surface area contributed by atoms with Crippen LogP contribution in [0.3, 0.4) is 0 Å². The van der Waals surface area contributed by atoms with Crippen LogP contribution in [0, 0.1) is 0 Å². The van der Waals surface area contributed by atoms with E-state index in [0.29, 0.717) is 23.3 Å². The summed E-state index contributed by atoms with van der Waals surface area (Å²) in [7, 11) is 0. The van der Waals surface area contributed by atoms with E-state index in [2.05, 4.69) is 12.2 Å². The Morgan fingerprint density at radius 1 is 1.12 bits per heavy atom. The highest BCUT2D eigenvalue weighted by atomic mass is 16.2. The van der Waals surface area contributed by atoms with Crippen LogP contribution < -0.4 is 16.6 Å². The smallest absolute Gasteiger partial charge is 0.263 e. The van der Waals surface area contributed by atoms with Crippen LogP contribution in [-0.2, 0) is 13.0 Å². The van der Waals surface area contributed by atoms with Gasteiger partial charge in [-0.3, -0.25) is 9.59 Å². The lowest BCUT2D eigenvalue weighted by atomic mass is 10.1. The first kappa shape index (κ1) is 16.8. The number of nitrogens with one attached hydrogen (secondary N) is 1. The van der Waals surface area contributed by atoms with Crippen LogP contribution in [0.2, 0.25) is 0 Å². The van der Waals surface area contributed by atoms with E-state index in [9.17, 15) is 9.59 Å². The molecule has 0 aliphatic rings. The predicted molar refractivity (Wildman–Crippen MR) is 102 cm³/mol. The molecule has 3 rings (SSSR count). The molecule has 1 aromatic heterocycles. The van der Waals surface area contributed by atoms with E-state index in [-0.39, 0.29) is 11.1 Å². The molecule has 25 heavy (non-hydrogen) atoms. The third-order valence-electron chi connectivity index (χ3n) is 4.35. The highest BCUT2D eigenvalue weighted by Crippen LogP contribution is 2.21. The van der Waals surface area contributed by atoms with Gasteiger partial charge in [-0.2, -0.15) is 0 Å². The summed E-state index contributed by atoms with van der Waals surface area (Å²) in [4.78, 5) is 25.4. The van der Waals surface area contributed by atoms with E-state index in [1.807, 2.05) is 37.3 Å². The van der Waals surface area contributed by atoms with Crippen LogP contribution in [0.1, 0.15) is 29.8 Å². The third-order valence-corrected chi connectivity index (χ3v) is 4.35. The lowest BCUT2D eigenvalue weighted by molar-refractivity contribution is 0.102. The summed E-state index contributed by atoms with van der Waals surface area (Å²) in [6.07, 6.45) is 0.930. The highest BCUT2D eigenvalue weighted by Gasteiger charge is 2.16. The van der Waals surface area contributed by atoms with Crippen molar-refractivity contribution in [2.24, 2.45) is 0 Å². The van der Waals surface area contributed by atoms with E-state index in [4.69, 9.17) is 5.73 Å². The Bertz CT molecular complexity index is 988. The minimum Gasteiger partial charge on any atom is -0.398 e. The maximum atomic E-state index is 12.7. The van der Waals surface area contributed by atoms with Gasteiger partial charge in [-0.05, 0) is 49.2 Å². The normalized spacial score (nSPS) is 10.8. The molecule has 3 aromatic rings. The molecule has 0 spiro atoms. The molecule has 0 saturated heterocycles. The molecule has 0 atom stereocenters. The number of hydrogen-bond donors (Lipinski definition) is 2. The van der Waals surface area contributed by atoms with Crippen LogP contribution in [0.25, 0.3) is 10.9 Å². The first-order valence-corrected chi connectivity index (χ1v) is 8.37. The van der Waals surface area contributed by atoms with Gasteiger partial charge in [0.15, 0.2) is 0 Å². The van der Waals surface area contributed by atoms with Crippen LogP contribution in [0.4, 0.5) is 11.4 Å². The number of carbonyl (C=O) groups is 1. The van der Waals surface area contributed by atoms with Gasteiger partial charge < -0.3 is 15.6 Å². The molecule has 1 amide bonds. The second kappa shape index (κ2) is 6.81. The minimum absolute atomic E-state index is 0.0896. The molecule has 0 radical (unpaired) electrons. The summed E-state index contributed by atoms with van der Waals surface area (Å²) in [6.45, 7) is 4.40. The van der Waals surface area contributed by atoms with E-state index < -0.39 is 5.91 Å². The van der Waals surface area contributed by atoms with E-state index >= 15 is 0 Å². The third kappa shape index (κ3) is 3.13. The largest absolute Gasteiger partial charge is 0.398 e. The standard InChI is InChI=1S/C20H21N3O2/c1-3-13-8-10-14(11-9-13)22-19(24)16-12-15-17(21)6-5-7-18(15)23(4-2)20(16)25/h5-12H,3-4,21H2,1-2H3,(H,22,24). The number of carbonyl (C=O) groups excluding carboxylic acids is 1. The molecule has 1 heterocycles. The number of nitrogens with two attached hydrogens (primary N) is 1. The first-order valence-electron chi connectivity index (χ1n) is 8.37. The number of fused-ring (bicyclic) bond motifs is 1. The molecule has 0 unspecified atom stereocenters. The summed E-state index contributed by atoms with van der Waals surface area (Å²) in [5, 5.41) is 3.50. The Kier molecular flexibility index (Phi) is 4.57. The van der Waals surface area contributed by atoms with Crippen molar-refractivity contribution in [1.82, 2.24) is 4.57 Å². The van der Waals surface area contributed by atoms with Crippen molar-refractivity contribution >= 4 is 28.2 Å². The van der Waals surface area contributed by atoms with E-state index in [1.165, 1.54) is 5.56 Å². The second-order valence-electron chi connectivity index (χ2n) is 5.89. The topological polar surface area (TPSA) is 77.1 Å². The SMILES string of the molecule is CCc1ccc(NC(=O)c2cc3c(N)cccc3n(CC)c2=O)cc1. The number of nitrogens with zero attached hydrogens (tertiary/aromatic N) is 1. The van der Waals surface area contributed by atoms with Gasteiger partial charge in [0.05, 0.1) is 5.52 Å². The Balaban J connectivity index is 2.04. The van der Waals surface area contributed by atoms with Crippen LogP contribution in [0.15, 0.2) is 53.3 Å². The van der Waals surface area contributed by atoms with Crippen molar-refractivity contribution in [3.05, 3.63) is 70.0 Å². The van der Waals surface area contributed by atoms with Gasteiger partial charge in [0.2, 0.25) is 0 Å². The Morgan fingerprint density at radius 3 is 2.48 bits per heavy atom. The summed E-state index contributed by atoms with van der Waals surface area (Å²) >= 11 is 0. The number of anilines is 2. The van der Waals surface area contributed by atoms with Crippen molar-refractivity contribution < 1.29 is 4.79 Å². The average Bonchev–Trinajstić information content (AvgIpc) is 2.62. The Labute approximate surface area is 146 Å². The fourth-order valence-electron chi connectivity index (χ4n) is 2.92. The maximum absolute atomic E-state index is 12.7. The number of nitrogen functional groups attached to an aromatic ring is 1. The zero-order valence-corrected chi connectivity index (χ0v) is 14.4. The number of benzene rings is 2. The van der Waals surface area contributed by atoms with Crippen molar-refractivity contribution in [3.63, 3.8) is 0 Å². The Hall–Kier alpha value is -3.08. The van der Waals surface area contributed by atoms with Crippen LogP contribution >= 0.6 is 0 Å². The fourth-order valence-corrected chi connectivity index (χ4v) is 2.92. The molecule has 0 aliphatic carbocycles. The van der Waals surface area contributed by atoms with Crippen LogP contribution in [-0.4, -0.2) is 10.5 Å². The number of amides is 1. The maximum Gasteiger partial charge on any atom is 0.263 e. The van der Waals surface area contributed by atoms with Crippen molar-refractivity contribution in [2.45, 2.75) is 26.8 Å². The quantitative estimate of drug-likeness (QED) is 0.717. The number of aryl methyl sites for hydroxylation is 2. The molecular weight excluding hydrogens is 314 g/mol. The van der Waals surface area contributed by atoms with E-state index in [1.54, 1.807) is 22.8 Å². The number of rotatable bonds is 4.